The monoisotopic (exact) mass is 262 g/mol. The van der Waals surface area contributed by atoms with Crippen molar-refractivity contribution in [3.05, 3.63) is 29.3 Å². The Bertz CT molecular complexity index is 531. The first-order chi connectivity index (χ1) is 8.98. The summed E-state index contributed by atoms with van der Waals surface area (Å²) in [4.78, 5) is 3.87. The third-order valence-electron chi connectivity index (χ3n) is 4.95. The number of piperidine rings is 1. The minimum absolute atomic E-state index is 0.253. The zero-order chi connectivity index (χ0) is 13.3. The zero-order valence-electron chi connectivity index (χ0n) is 11.4. The molecular weight excluding hydrogens is 243 g/mol. The highest BCUT2D eigenvalue weighted by Crippen LogP contribution is 2.54. The molecule has 1 aromatic heterocycles. The van der Waals surface area contributed by atoms with Crippen molar-refractivity contribution in [2.45, 2.75) is 62.8 Å². The smallest absolute Gasteiger partial charge is 0.213 e. The number of nitrogens with zero attached hydrogens (tertiary/aromatic N) is 1. The summed E-state index contributed by atoms with van der Waals surface area (Å²) in [6.07, 6.45) is 6.10. The summed E-state index contributed by atoms with van der Waals surface area (Å²) in [5, 5.41) is 3.64. The van der Waals surface area contributed by atoms with E-state index in [-0.39, 0.29) is 5.60 Å². The van der Waals surface area contributed by atoms with E-state index in [1.54, 1.807) is 12.3 Å². The molecule has 2 unspecified atom stereocenters. The van der Waals surface area contributed by atoms with E-state index >= 15 is 0 Å². The second-order valence-electron chi connectivity index (χ2n) is 6.71. The van der Waals surface area contributed by atoms with Crippen LogP contribution in [0.2, 0.25) is 0 Å². The van der Waals surface area contributed by atoms with Gasteiger partial charge in [-0.2, -0.15) is 4.39 Å². The molecule has 0 amide bonds. The summed E-state index contributed by atoms with van der Waals surface area (Å²) in [5.74, 6) is -0.413. The van der Waals surface area contributed by atoms with Crippen LogP contribution in [0.15, 0.2) is 12.3 Å². The zero-order valence-corrected chi connectivity index (χ0v) is 11.4. The molecular formula is C15H19FN2O. The number of nitrogens with one attached hydrogen (secondary N) is 1. The average Bonchev–Trinajstić information content (AvgIpc) is 2.77. The van der Waals surface area contributed by atoms with E-state index in [4.69, 9.17) is 4.74 Å². The van der Waals surface area contributed by atoms with Crippen molar-refractivity contribution in [3.63, 3.8) is 0 Å². The molecule has 0 aromatic carbocycles. The highest BCUT2D eigenvalue weighted by Gasteiger charge is 2.54. The lowest BCUT2D eigenvalue weighted by atomic mass is 9.81. The molecule has 2 saturated heterocycles. The lowest BCUT2D eigenvalue weighted by Crippen LogP contribution is -2.47. The van der Waals surface area contributed by atoms with Gasteiger partial charge in [-0.05, 0) is 51.2 Å². The summed E-state index contributed by atoms with van der Waals surface area (Å²) >= 11 is 0. The number of rotatable bonds is 0. The Morgan fingerprint density at radius 1 is 1.26 bits per heavy atom. The van der Waals surface area contributed by atoms with E-state index < -0.39 is 11.5 Å². The maximum Gasteiger partial charge on any atom is 0.213 e. The highest BCUT2D eigenvalue weighted by atomic mass is 19.1. The van der Waals surface area contributed by atoms with Crippen LogP contribution in [0.4, 0.5) is 4.39 Å². The first kappa shape index (κ1) is 11.8. The number of halogens is 1. The molecule has 102 valence electrons. The molecule has 2 fully saturated rings. The summed E-state index contributed by atoms with van der Waals surface area (Å²) in [7, 11) is 0. The molecule has 1 spiro atoms. The summed E-state index contributed by atoms with van der Waals surface area (Å²) in [5.41, 5.74) is 1.41. The van der Waals surface area contributed by atoms with E-state index in [0.29, 0.717) is 12.1 Å². The van der Waals surface area contributed by atoms with Gasteiger partial charge < -0.3 is 10.1 Å². The molecule has 3 aliphatic rings. The predicted molar refractivity (Wildman–Crippen MR) is 69.2 cm³/mol. The fraction of sp³-hybridized carbons (Fsp3) is 0.667. The van der Waals surface area contributed by atoms with Gasteiger partial charge in [0.15, 0.2) is 0 Å². The number of fused-ring (bicyclic) bond motifs is 4. The first-order valence-corrected chi connectivity index (χ1v) is 7.11. The number of hydrogen-bond acceptors (Lipinski definition) is 3. The third-order valence-corrected chi connectivity index (χ3v) is 4.95. The van der Waals surface area contributed by atoms with Gasteiger partial charge in [0.1, 0.15) is 0 Å². The Kier molecular flexibility index (Phi) is 2.21. The number of pyridine rings is 1. The van der Waals surface area contributed by atoms with E-state index in [9.17, 15) is 4.39 Å². The number of aromatic nitrogens is 1. The van der Waals surface area contributed by atoms with Crippen molar-refractivity contribution in [2.24, 2.45) is 0 Å². The molecule has 1 N–H and O–H groups in total. The number of ether oxygens (including phenoxy) is 1. The van der Waals surface area contributed by atoms with Crippen LogP contribution in [-0.2, 0) is 15.9 Å². The van der Waals surface area contributed by atoms with Crippen molar-refractivity contribution in [3.8, 4) is 0 Å². The molecule has 3 nitrogen and oxygen atoms in total. The van der Waals surface area contributed by atoms with Crippen molar-refractivity contribution in [2.75, 3.05) is 0 Å². The van der Waals surface area contributed by atoms with Crippen LogP contribution >= 0.6 is 0 Å². The second-order valence-corrected chi connectivity index (χ2v) is 6.71. The topological polar surface area (TPSA) is 34.1 Å². The van der Waals surface area contributed by atoms with E-state index in [1.807, 2.05) is 13.8 Å². The van der Waals surface area contributed by atoms with Gasteiger partial charge in [0, 0.05) is 23.8 Å². The Labute approximate surface area is 112 Å². The van der Waals surface area contributed by atoms with Crippen LogP contribution in [0.3, 0.4) is 0 Å². The quantitative estimate of drug-likeness (QED) is 0.730. The number of hydrogen-bond donors (Lipinski definition) is 1. The molecule has 1 aromatic rings. The van der Waals surface area contributed by atoms with Crippen LogP contribution < -0.4 is 5.32 Å². The van der Waals surface area contributed by atoms with Crippen molar-refractivity contribution >= 4 is 0 Å². The van der Waals surface area contributed by atoms with Gasteiger partial charge in [0.05, 0.1) is 11.2 Å². The minimum atomic E-state index is -0.421. The lowest BCUT2D eigenvalue weighted by molar-refractivity contribution is -0.146. The van der Waals surface area contributed by atoms with E-state index in [1.165, 1.54) is 12.8 Å². The Hall–Kier alpha value is -1.00. The second kappa shape index (κ2) is 3.55. The van der Waals surface area contributed by atoms with Gasteiger partial charge in [-0.15, -0.1) is 0 Å². The summed E-state index contributed by atoms with van der Waals surface area (Å²) < 4.78 is 19.9. The summed E-state index contributed by atoms with van der Waals surface area (Å²) in [6.45, 7) is 4.06. The van der Waals surface area contributed by atoms with Gasteiger partial charge in [0.2, 0.25) is 5.95 Å². The van der Waals surface area contributed by atoms with Crippen molar-refractivity contribution < 1.29 is 9.13 Å². The van der Waals surface area contributed by atoms with E-state index in [0.717, 1.165) is 24.0 Å². The van der Waals surface area contributed by atoms with E-state index in [2.05, 4.69) is 10.3 Å². The van der Waals surface area contributed by atoms with Crippen molar-refractivity contribution in [1.82, 2.24) is 10.3 Å². The molecule has 0 saturated carbocycles. The summed E-state index contributed by atoms with van der Waals surface area (Å²) in [6, 6.07) is 2.62. The molecule has 0 radical (unpaired) electrons. The minimum Gasteiger partial charge on any atom is -0.360 e. The van der Waals surface area contributed by atoms with Gasteiger partial charge in [0.25, 0.3) is 0 Å². The fourth-order valence-corrected chi connectivity index (χ4v) is 4.30. The average molecular weight is 262 g/mol. The van der Waals surface area contributed by atoms with Crippen LogP contribution in [0.5, 0.6) is 0 Å². The molecule has 2 atom stereocenters. The lowest BCUT2D eigenvalue weighted by Gasteiger charge is -2.39. The fourth-order valence-electron chi connectivity index (χ4n) is 4.30. The largest absolute Gasteiger partial charge is 0.360 e. The van der Waals surface area contributed by atoms with Gasteiger partial charge in [-0.3, -0.25) is 0 Å². The SMILES string of the molecule is CC1(C)OC2(CC3CCC(C2)N3)c2cnc(F)cc21. The molecule has 0 aliphatic carbocycles. The molecule has 4 rings (SSSR count). The van der Waals surface area contributed by atoms with Crippen LogP contribution in [-0.4, -0.2) is 17.1 Å². The van der Waals surface area contributed by atoms with Gasteiger partial charge >= 0.3 is 0 Å². The van der Waals surface area contributed by atoms with Crippen LogP contribution in [0.25, 0.3) is 0 Å². The van der Waals surface area contributed by atoms with Gasteiger partial charge in [-0.1, -0.05) is 0 Å². The van der Waals surface area contributed by atoms with Crippen molar-refractivity contribution in [1.29, 1.82) is 0 Å². The predicted octanol–water partition coefficient (Wildman–Crippen LogP) is 2.60. The molecule has 2 bridgehead atoms. The Morgan fingerprint density at radius 3 is 2.63 bits per heavy atom. The maximum atomic E-state index is 13.4. The normalized spacial score (nSPS) is 38.7. The molecule has 3 aliphatic heterocycles. The Morgan fingerprint density at radius 2 is 1.95 bits per heavy atom. The molecule has 19 heavy (non-hydrogen) atoms. The van der Waals surface area contributed by atoms with Gasteiger partial charge in [-0.25, -0.2) is 4.98 Å². The first-order valence-electron chi connectivity index (χ1n) is 7.11. The molecule has 4 heterocycles. The maximum absolute atomic E-state index is 13.4. The third kappa shape index (κ3) is 1.59. The standard InChI is InChI=1S/C15H19FN2O/c1-14(2)11-5-13(16)17-8-12(11)15(19-14)6-9-3-4-10(7-15)18-9/h5,8-10,18H,3-4,6-7H2,1-2H3. The molecule has 4 heteroatoms. The highest BCUT2D eigenvalue weighted by molar-refractivity contribution is 5.40. The van der Waals surface area contributed by atoms with Crippen LogP contribution in [0, 0.1) is 5.95 Å². The van der Waals surface area contributed by atoms with Crippen LogP contribution in [0.1, 0.15) is 50.7 Å². The Balaban J connectivity index is 1.84.